The van der Waals surface area contributed by atoms with Gasteiger partial charge in [0.05, 0.1) is 22.3 Å². The van der Waals surface area contributed by atoms with Crippen LogP contribution in [0.3, 0.4) is 0 Å². The van der Waals surface area contributed by atoms with E-state index < -0.39 is 0 Å². The third kappa shape index (κ3) is 5.54. The van der Waals surface area contributed by atoms with Crippen LogP contribution in [0.15, 0.2) is 113 Å². The van der Waals surface area contributed by atoms with E-state index in [4.69, 9.17) is 16.6 Å². The molecule has 0 saturated carbocycles. The highest BCUT2D eigenvalue weighted by atomic mass is 35.5. The Bertz CT molecular complexity index is 1690. The van der Waals surface area contributed by atoms with Crippen molar-refractivity contribution in [2.75, 3.05) is 5.75 Å². The van der Waals surface area contributed by atoms with Crippen LogP contribution < -0.4 is 10.9 Å². The number of ketones is 1. The number of halogens is 1. The lowest BCUT2D eigenvalue weighted by Gasteiger charge is -2.14. The number of Topliss-reactive ketones (excluding diaryl/α,β-unsaturated/α-hetero) is 1. The summed E-state index contributed by atoms with van der Waals surface area (Å²) >= 11 is 7.38. The van der Waals surface area contributed by atoms with Crippen molar-refractivity contribution in [1.82, 2.24) is 14.9 Å². The summed E-state index contributed by atoms with van der Waals surface area (Å²) in [5, 5.41) is 4.17. The number of benzene rings is 4. The average Bonchev–Trinajstić information content (AvgIpc) is 2.96. The van der Waals surface area contributed by atoms with Crippen LogP contribution in [0.5, 0.6) is 0 Å². The van der Waals surface area contributed by atoms with Gasteiger partial charge < -0.3 is 5.32 Å². The van der Waals surface area contributed by atoms with Crippen molar-refractivity contribution in [3.8, 4) is 5.69 Å². The maximum Gasteiger partial charge on any atom is 0.266 e. The largest absolute Gasteiger partial charge is 0.348 e. The number of thioether (sulfide) groups is 1. The second-order valence-electron chi connectivity index (χ2n) is 8.45. The van der Waals surface area contributed by atoms with Gasteiger partial charge in [-0.25, -0.2) is 4.98 Å². The molecule has 0 fully saturated rings. The lowest BCUT2D eigenvalue weighted by molar-refractivity contribution is 0.0950. The standard InChI is InChI=1S/C30H22ClN3O3S/c31-25-14-8-7-11-22(25)18-32-28(36)21-15-16-24-26(17-21)33-30(34(29(24)37)23-12-5-2-6-13-23)38-19-27(35)20-9-3-1-4-10-20/h1-17H,18-19H2,(H,32,36). The number of carbonyl (C=O) groups is 2. The molecule has 0 atom stereocenters. The molecule has 8 heteroatoms. The molecular weight excluding hydrogens is 518 g/mol. The second-order valence-corrected chi connectivity index (χ2v) is 9.80. The minimum atomic E-state index is -0.311. The summed E-state index contributed by atoms with van der Waals surface area (Å²) in [6, 6.07) is 30.3. The molecule has 1 aromatic heterocycles. The van der Waals surface area contributed by atoms with Gasteiger partial charge in [-0.1, -0.05) is 90.1 Å². The smallest absolute Gasteiger partial charge is 0.266 e. The molecule has 6 nitrogen and oxygen atoms in total. The maximum absolute atomic E-state index is 13.6. The van der Waals surface area contributed by atoms with Gasteiger partial charge in [-0.3, -0.25) is 19.0 Å². The van der Waals surface area contributed by atoms with Gasteiger partial charge in [-0.05, 0) is 42.0 Å². The van der Waals surface area contributed by atoms with Crippen LogP contribution >= 0.6 is 23.4 Å². The van der Waals surface area contributed by atoms with Gasteiger partial charge in [0.2, 0.25) is 0 Å². The monoisotopic (exact) mass is 539 g/mol. The van der Waals surface area contributed by atoms with E-state index >= 15 is 0 Å². The summed E-state index contributed by atoms with van der Waals surface area (Å²) in [6.07, 6.45) is 0. The van der Waals surface area contributed by atoms with E-state index in [0.29, 0.717) is 37.9 Å². The summed E-state index contributed by atoms with van der Waals surface area (Å²) < 4.78 is 1.50. The third-order valence-corrected chi connectivity index (χ3v) is 7.25. The Kier molecular flexibility index (Phi) is 7.67. The molecule has 0 saturated heterocycles. The van der Waals surface area contributed by atoms with E-state index in [0.717, 1.165) is 5.56 Å². The summed E-state index contributed by atoms with van der Waals surface area (Å²) in [5.74, 6) is -0.279. The van der Waals surface area contributed by atoms with Gasteiger partial charge in [-0.15, -0.1) is 0 Å². The van der Waals surface area contributed by atoms with Crippen molar-refractivity contribution in [3.63, 3.8) is 0 Å². The van der Waals surface area contributed by atoms with E-state index in [1.165, 1.54) is 16.3 Å². The highest BCUT2D eigenvalue weighted by Gasteiger charge is 2.17. The molecule has 0 spiro atoms. The van der Waals surface area contributed by atoms with Crippen molar-refractivity contribution in [3.05, 3.63) is 135 Å². The fraction of sp³-hybridized carbons (Fsp3) is 0.0667. The normalized spacial score (nSPS) is 10.9. The van der Waals surface area contributed by atoms with E-state index in [9.17, 15) is 14.4 Å². The van der Waals surface area contributed by atoms with Crippen LogP contribution in [0, 0.1) is 0 Å². The van der Waals surface area contributed by atoms with Crippen molar-refractivity contribution in [1.29, 1.82) is 0 Å². The molecule has 5 rings (SSSR count). The van der Waals surface area contributed by atoms with Crippen LogP contribution in [0.25, 0.3) is 16.6 Å². The van der Waals surface area contributed by atoms with E-state index in [2.05, 4.69) is 5.32 Å². The highest BCUT2D eigenvalue weighted by Crippen LogP contribution is 2.23. The van der Waals surface area contributed by atoms with E-state index in [1.54, 1.807) is 36.4 Å². The van der Waals surface area contributed by atoms with Crippen LogP contribution in [-0.2, 0) is 6.54 Å². The number of para-hydroxylation sites is 1. The first kappa shape index (κ1) is 25.4. The molecule has 1 N–H and O–H groups in total. The average molecular weight is 540 g/mol. The molecule has 4 aromatic carbocycles. The summed E-state index contributed by atoms with van der Waals surface area (Å²) in [7, 11) is 0. The number of rotatable bonds is 8. The van der Waals surface area contributed by atoms with Crippen LogP contribution in [0.2, 0.25) is 5.02 Å². The number of fused-ring (bicyclic) bond motifs is 1. The van der Waals surface area contributed by atoms with Gasteiger partial charge in [-0.2, -0.15) is 0 Å². The van der Waals surface area contributed by atoms with Crippen molar-refractivity contribution in [2.24, 2.45) is 0 Å². The topological polar surface area (TPSA) is 81.1 Å². The second kappa shape index (κ2) is 11.5. The number of amides is 1. The Morgan fingerprint density at radius 3 is 2.26 bits per heavy atom. The Hall–Kier alpha value is -4.20. The molecule has 0 bridgehead atoms. The Balaban J connectivity index is 1.48. The predicted molar refractivity (Wildman–Crippen MR) is 151 cm³/mol. The predicted octanol–water partition coefficient (Wildman–Crippen LogP) is 5.94. The molecule has 1 heterocycles. The quantitative estimate of drug-likeness (QED) is 0.150. The van der Waals surface area contributed by atoms with E-state index in [1.807, 2.05) is 66.7 Å². The highest BCUT2D eigenvalue weighted by molar-refractivity contribution is 7.99. The van der Waals surface area contributed by atoms with Crippen LogP contribution in [0.1, 0.15) is 26.3 Å². The Labute approximate surface area is 228 Å². The Morgan fingerprint density at radius 1 is 0.842 bits per heavy atom. The fourth-order valence-corrected chi connectivity index (χ4v) is 5.07. The maximum atomic E-state index is 13.6. The third-order valence-electron chi connectivity index (χ3n) is 5.94. The number of hydrogen-bond donors (Lipinski definition) is 1. The lowest BCUT2D eigenvalue weighted by atomic mass is 10.1. The van der Waals surface area contributed by atoms with E-state index in [-0.39, 0.29) is 29.5 Å². The molecular formula is C30H22ClN3O3S. The van der Waals surface area contributed by atoms with Gasteiger partial charge in [0.1, 0.15) is 0 Å². The van der Waals surface area contributed by atoms with Gasteiger partial charge >= 0.3 is 0 Å². The summed E-state index contributed by atoms with van der Waals surface area (Å²) in [5.41, 5.74) is 2.50. The first-order chi connectivity index (χ1) is 18.5. The summed E-state index contributed by atoms with van der Waals surface area (Å²) in [4.78, 5) is 44.0. The van der Waals surface area contributed by atoms with Crippen molar-refractivity contribution >= 4 is 46.0 Å². The molecule has 188 valence electrons. The zero-order chi connectivity index (χ0) is 26.5. The molecule has 5 aromatic rings. The fourth-order valence-electron chi connectivity index (χ4n) is 3.96. The lowest BCUT2D eigenvalue weighted by Crippen LogP contribution is -2.24. The van der Waals surface area contributed by atoms with Crippen molar-refractivity contribution in [2.45, 2.75) is 11.7 Å². The number of aromatic nitrogens is 2. The molecule has 0 radical (unpaired) electrons. The van der Waals surface area contributed by atoms with Gasteiger partial charge in [0.25, 0.3) is 11.5 Å². The van der Waals surface area contributed by atoms with Crippen LogP contribution in [-0.4, -0.2) is 27.0 Å². The molecule has 0 aliphatic rings. The number of hydrogen-bond acceptors (Lipinski definition) is 5. The zero-order valence-electron chi connectivity index (χ0n) is 20.1. The molecule has 38 heavy (non-hydrogen) atoms. The summed E-state index contributed by atoms with van der Waals surface area (Å²) in [6.45, 7) is 0.266. The molecule has 0 aliphatic carbocycles. The molecule has 1 amide bonds. The number of nitrogens with one attached hydrogen (secondary N) is 1. The molecule has 0 aliphatic heterocycles. The van der Waals surface area contributed by atoms with Crippen LogP contribution in [0.4, 0.5) is 0 Å². The minimum absolute atomic E-state index is 0.0720. The Morgan fingerprint density at radius 2 is 1.53 bits per heavy atom. The first-order valence-corrected chi connectivity index (χ1v) is 13.2. The van der Waals surface area contributed by atoms with Gasteiger partial charge in [0.15, 0.2) is 10.9 Å². The van der Waals surface area contributed by atoms with Crippen molar-refractivity contribution < 1.29 is 9.59 Å². The first-order valence-electron chi connectivity index (χ1n) is 11.9. The number of carbonyl (C=O) groups excluding carboxylic acids is 2. The zero-order valence-corrected chi connectivity index (χ0v) is 21.7. The van der Waals surface area contributed by atoms with Gasteiger partial charge in [0, 0.05) is 22.7 Å². The number of nitrogens with zero attached hydrogens (tertiary/aromatic N) is 2. The minimum Gasteiger partial charge on any atom is -0.348 e. The molecule has 0 unspecified atom stereocenters. The SMILES string of the molecule is O=C(CSc1nc2cc(C(=O)NCc3ccccc3Cl)ccc2c(=O)n1-c1ccccc1)c1ccccc1.